The Kier molecular flexibility index (Phi) is 3.53. The Morgan fingerprint density at radius 2 is 1.83 bits per heavy atom. The smallest absolute Gasteiger partial charge is 0.185 e. The summed E-state index contributed by atoms with van der Waals surface area (Å²) >= 11 is 0. The van der Waals surface area contributed by atoms with Crippen molar-refractivity contribution in [1.82, 2.24) is 0 Å². The number of hydrogen-bond acceptors (Lipinski definition) is 2. The van der Waals surface area contributed by atoms with Crippen LogP contribution in [0.5, 0.6) is 0 Å². The number of nitrogen functional groups attached to an aromatic ring is 1. The predicted octanol–water partition coefficient (Wildman–Crippen LogP) is 3.30. The third-order valence-corrected chi connectivity index (χ3v) is 2.47. The number of allylic oxidation sites excluding steroid dienone is 1. The second-order valence-corrected chi connectivity index (χ2v) is 3.87. The van der Waals surface area contributed by atoms with Crippen molar-refractivity contribution in [2.45, 2.75) is 0 Å². The molecule has 2 aromatic rings. The van der Waals surface area contributed by atoms with Crippen molar-refractivity contribution in [3.63, 3.8) is 0 Å². The number of anilines is 1. The quantitative estimate of drug-likeness (QED) is 0.509. The highest BCUT2D eigenvalue weighted by molar-refractivity contribution is 6.07. The lowest BCUT2D eigenvalue weighted by Gasteiger charge is -1.97. The fraction of sp³-hybridized carbons (Fsp3) is 0. The van der Waals surface area contributed by atoms with E-state index in [0.29, 0.717) is 11.3 Å². The van der Waals surface area contributed by atoms with Crippen LogP contribution in [0.25, 0.3) is 6.08 Å². The van der Waals surface area contributed by atoms with Crippen LogP contribution in [0.3, 0.4) is 0 Å². The van der Waals surface area contributed by atoms with E-state index >= 15 is 0 Å². The van der Waals surface area contributed by atoms with Crippen molar-refractivity contribution < 1.29 is 9.18 Å². The molecule has 0 atom stereocenters. The topological polar surface area (TPSA) is 43.1 Å². The first-order valence-corrected chi connectivity index (χ1v) is 5.49. The van der Waals surface area contributed by atoms with Gasteiger partial charge in [0.2, 0.25) is 0 Å². The van der Waals surface area contributed by atoms with E-state index in [1.54, 1.807) is 42.5 Å². The van der Waals surface area contributed by atoms with Gasteiger partial charge < -0.3 is 5.73 Å². The van der Waals surface area contributed by atoms with Gasteiger partial charge in [-0.3, -0.25) is 4.79 Å². The number of carbonyl (C=O) groups excluding carboxylic acids is 1. The van der Waals surface area contributed by atoms with Crippen LogP contribution >= 0.6 is 0 Å². The average Bonchev–Trinajstić information content (AvgIpc) is 2.38. The molecule has 0 bridgehead atoms. The number of hydrogen-bond donors (Lipinski definition) is 1. The lowest BCUT2D eigenvalue weighted by Crippen LogP contribution is -1.95. The van der Waals surface area contributed by atoms with Crippen molar-refractivity contribution in [2.75, 3.05) is 5.73 Å². The number of benzene rings is 2. The maximum atomic E-state index is 12.7. The summed E-state index contributed by atoms with van der Waals surface area (Å²) in [4.78, 5) is 11.8. The van der Waals surface area contributed by atoms with E-state index in [0.717, 1.165) is 5.56 Å². The summed E-state index contributed by atoms with van der Waals surface area (Å²) in [5, 5.41) is 0. The van der Waals surface area contributed by atoms with Gasteiger partial charge in [-0.25, -0.2) is 4.39 Å². The van der Waals surface area contributed by atoms with Crippen molar-refractivity contribution in [1.29, 1.82) is 0 Å². The minimum Gasteiger partial charge on any atom is -0.399 e. The van der Waals surface area contributed by atoms with Crippen molar-refractivity contribution >= 4 is 17.5 Å². The zero-order chi connectivity index (χ0) is 13.0. The van der Waals surface area contributed by atoms with Gasteiger partial charge in [0.05, 0.1) is 0 Å². The molecule has 0 aliphatic carbocycles. The van der Waals surface area contributed by atoms with E-state index in [-0.39, 0.29) is 11.6 Å². The molecule has 18 heavy (non-hydrogen) atoms. The van der Waals surface area contributed by atoms with Gasteiger partial charge in [0.1, 0.15) is 5.82 Å². The van der Waals surface area contributed by atoms with E-state index in [1.807, 2.05) is 0 Å². The minimum atomic E-state index is -0.297. The normalized spacial score (nSPS) is 10.7. The summed E-state index contributed by atoms with van der Waals surface area (Å²) in [5.41, 5.74) is 7.46. The molecule has 0 unspecified atom stereocenters. The van der Waals surface area contributed by atoms with Crippen LogP contribution in [0.4, 0.5) is 10.1 Å². The number of rotatable bonds is 3. The Balaban J connectivity index is 2.14. The minimum absolute atomic E-state index is 0.133. The second kappa shape index (κ2) is 5.27. The van der Waals surface area contributed by atoms with Crippen LogP contribution in [0.15, 0.2) is 54.6 Å². The van der Waals surface area contributed by atoms with Gasteiger partial charge in [-0.2, -0.15) is 0 Å². The SMILES string of the molecule is Nc1cccc(C(=O)/C=C/c2ccc(F)cc2)c1. The molecule has 2 rings (SSSR count). The largest absolute Gasteiger partial charge is 0.399 e. The van der Waals surface area contributed by atoms with E-state index < -0.39 is 0 Å². The molecule has 2 nitrogen and oxygen atoms in total. The van der Waals surface area contributed by atoms with Crippen LogP contribution in [-0.2, 0) is 0 Å². The first-order valence-electron chi connectivity index (χ1n) is 5.49. The van der Waals surface area contributed by atoms with Gasteiger partial charge in [0.15, 0.2) is 5.78 Å². The van der Waals surface area contributed by atoms with Gasteiger partial charge in [-0.15, -0.1) is 0 Å². The van der Waals surface area contributed by atoms with Crippen LogP contribution in [0, 0.1) is 5.82 Å². The maximum Gasteiger partial charge on any atom is 0.185 e. The Morgan fingerprint density at radius 3 is 2.50 bits per heavy atom. The molecule has 0 heterocycles. The summed E-state index contributed by atoms with van der Waals surface area (Å²) in [7, 11) is 0. The molecule has 0 amide bonds. The summed E-state index contributed by atoms with van der Waals surface area (Å²) in [5.74, 6) is -0.430. The van der Waals surface area contributed by atoms with E-state index in [2.05, 4.69) is 0 Å². The van der Waals surface area contributed by atoms with Crippen molar-refractivity contribution in [3.05, 3.63) is 71.6 Å². The molecule has 0 aliphatic heterocycles. The van der Waals surface area contributed by atoms with Crippen LogP contribution in [0.2, 0.25) is 0 Å². The highest BCUT2D eigenvalue weighted by Gasteiger charge is 2.01. The van der Waals surface area contributed by atoms with E-state index in [4.69, 9.17) is 5.73 Å². The molecule has 2 aromatic carbocycles. The van der Waals surface area contributed by atoms with Gasteiger partial charge in [0.25, 0.3) is 0 Å². The number of carbonyl (C=O) groups is 1. The Morgan fingerprint density at radius 1 is 1.11 bits per heavy atom. The fourth-order valence-electron chi connectivity index (χ4n) is 1.53. The van der Waals surface area contributed by atoms with E-state index in [1.165, 1.54) is 18.2 Å². The summed E-state index contributed by atoms with van der Waals surface area (Å²) in [6.07, 6.45) is 3.09. The van der Waals surface area contributed by atoms with Crippen molar-refractivity contribution in [3.8, 4) is 0 Å². The third kappa shape index (κ3) is 3.04. The van der Waals surface area contributed by atoms with Crippen LogP contribution in [0.1, 0.15) is 15.9 Å². The summed E-state index contributed by atoms with van der Waals surface area (Å²) in [6, 6.07) is 12.7. The molecular weight excluding hydrogens is 229 g/mol. The molecule has 0 spiro atoms. The number of halogens is 1. The molecular formula is C15H12FNO. The first-order chi connectivity index (χ1) is 8.65. The second-order valence-electron chi connectivity index (χ2n) is 3.87. The van der Waals surface area contributed by atoms with Crippen LogP contribution < -0.4 is 5.73 Å². The molecule has 0 saturated carbocycles. The number of nitrogens with two attached hydrogens (primary N) is 1. The fourth-order valence-corrected chi connectivity index (χ4v) is 1.53. The third-order valence-electron chi connectivity index (χ3n) is 2.47. The molecule has 0 aromatic heterocycles. The van der Waals surface area contributed by atoms with Gasteiger partial charge in [0, 0.05) is 11.3 Å². The standard InChI is InChI=1S/C15H12FNO/c16-13-7-4-11(5-8-13)6-9-15(18)12-2-1-3-14(17)10-12/h1-10H,17H2/b9-6+. The summed E-state index contributed by atoms with van der Waals surface area (Å²) < 4.78 is 12.7. The zero-order valence-corrected chi connectivity index (χ0v) is 9.64. The molecule has 3 heteroatoms. The monoisotopic (exact) mass is 241 g/mol. The lowest BCUT2D eigenvalue weighted by atomic mass is 10.1. The van der Waals surface area contributed by atoms with Gasteiger partial charge in [-0.05, 0) is 35.9 Å². The average molecular weight is 241 g/mol. The molecule has 2 N–H and O–H groups in total. The van der Waals surface area contributed by atoms with Crippen LogP contribution in [-0.4, -0.2) is 5.78 Å². The number of ketones is 1. The zero-order valence-electron chi connectivity index (χ0n) is 9.64. The predicted molar refractivity (Wildman–Crippen MR) is 70.6 cm³/mol. The van der Waals surface area contributed by atoms with Crippen molar-refractivity contribution in [2.24, 2.45) is 0 Å². The molecule has 0 fully saturated rings. The highest BCUT2D eigenvalue weighted by atomic mass is 19.1. The molecule has 0 radical (unpaired) electrons. The Bertz CT molecular complexity index is 588. The lowest BCUT2D eigenvalue weighted by molar-refractivity contribution is 0.104. The maximum absolute atomic E-state index is 12.7. The van der Waals surface area contributed by atoms with Gasteiger partial charge >= 0.3 is 0 Å². The molecule has 0 aliphatic rings. The molecule has 0 saturated heterocycles. The Labute approximate surface area is 105 Å². The van der Waals surface area contributed by atoms with Gasteiger partial charge in [-0.1, -0.05) is 30.3 Å². The highest BCUT2D eigenvalue weighted by Crippen LogP contribution is 2.10. The molecule has 90 valence electrons. The summed E-state index contributed by atoms with van der Waals surface area (Å²) in [6.45, 7) is 0. The Hall–Kier alpha value is -2.42. The first kappa shape index (κ1) is 12.0. The van der Waals surface area contributed by atoms with E-state index in [9.17, 15) is 9.18 Å².